The number of carbonyl (C=O) groups is 1. The zero-order valence-corrected chi connectivity index (χ0v) is 22.4. The molecule has 0 saturated carbocycles. The molecule has 0 radical (unpaired) electrons. The second-order valence-electron chi connectivity index (χ2n) is 9.91. The number of esters is 1. The number of nitrogens with one attached hydrogen (secondary N) is 1. The lowest BCUT2D eigenvalue weighted by atomic mass is 9.98. The first-order valence-corrected chi connectivity index (χ1v) is 12.9. The zero-order chi connectivity index (χ0) is 26.0. The lowest BCUT2D eigenvalue weighted by Crippen LogP contribution is -2.25. The summed E-state index contributed by atoms with van der Waals surface area (Å²) in [6.07, 6.45) is 4.84. The van der Waals surface area contributed by atoms with E-state index in [1.165, 1.54) is 4.88 Å². The number of fused-ring (bicyclic) bond motifs is 3. The molecule has 1 aliphatic heterocycles. The van der Waals surface area contributed by atoms with Crippen LogP contribution in [0.5, 0.6) is 0 Å². The van der Waals surface area contributed by atoms with Crippen molar-refractivity contribution in [2.75, 3.05) is 6.54 Å². The molecule has 3 heterocycles. The van der Waals surface area contributed by atoms with Crippen molar-refractivity contribution in [1.82, 2.24) is 20.2 Å². The highest BCUT2D eigenvalue weighted by Crippen LogP contribution is 2.39. The fraction of sp³-hybridized carbons (Fsp3) is 0.407. The van der Waals surface area contributed by atoms with Crippen LogP contribution in [0, 0.1) is 20.8 Å². The number of benzene rings is 1. The Morgan fingerprint density at radius 3 is 2.58 bits per heavy atom. The molecule has 0 amide bonds. The molecule has 0 saturated heterocycles. The zero-order valence-electron chi connectivity index (χ0n) is 21.6. The van der Waals surface area contributed by atoms with Gasteiger partial charge in [-0.2, -0.15) is 0 Å². The maximum Gasteiger partial charge on any atom is 0.308 e. The van der Waals surface area contributed by atoms with E-state index >= 15 is 0 Å². The lowest BCUT2D eigenvalue weighted by Gasteiger charge is -2.21. The van der Waals surface area contributed by atoms with Crippen molar-refractivity contribution in [3.63, 3.8) is 0 Å². The number of ether oxygens (including phenoxy) is 1. The number of nitrogens with zero attached hydrogens (tertiary/aromatic N) is 4. The molecule has 9 heteroatoms. The maximum absolute atomic E-state index is 12.8. The van der Waals surface area contributed by atoms with Crippen molar-refractivity contribution < 1.29 is 14.7 Å². The third-order valence-electron chi connectivity index (χ3n) is 5.94. The molecule has 0 spiro atoms. The van der Waals surface area contributed by atoms with Gasteiger partial charge in [-0.15, -0.1) is 21.5 Å². The van der Waals surface area contributed by atoms with Crippen LogP contribution in [0.3, 0.4) is 0 Å². The van der Waals surface area contributed by atoms with Gasteiger partial charge in [0.1, 0.15) is 22.5 Å². The normalized spacial score (nSPS) is 15.4. The number of hydrogen-bond acceptors (Lipinski definition) is 8. The van der Waals surface area contributed by atoms with E-state index in [-0.39, 0.29) is 12.4 Å². The Morgan fingerprint density at radius 1 is 1.19 bits per heavy atom. The summed E-state index contributed by atoms with van der Waals surface area (Å²) in [6, 6.07) is 7.69. The standard InChI is InChI=1S/C27H33N5O3S/c1-16-17(2)36-26-23(16)24(20-12-10-19(11-13-20)9-7-8-14-28-34)29-21(15-22(33)35-27(4,5)6)25-31-30-18(3)32(25)26/h7,9-13,21,28,34H,8,14-15H2,1-6H3/b9-7+/t21-/m0/s1. The molecule has 190 valence electrons. The van der Waals surface area contributed by atoms with Crippen LogP contribution in [-0.4, -0.2) is 43.8 Å². The summed E-state index contributed by atoms with van der Waals surface area (Å²) in [5, 5.41) is 18.5. The highest BCUT2D eigenvalue weighted by molar-refractivity contribution is 7.15. The predicted octanol–water partition coefficient (Wildman–Crippen LogP) is 5.26. The molecule has 1 aliphatic rings. The molecular formula is C27H33N5O3S. The van der Waals surface area contributed by atoms with Crippen molar-refractivity contribution in [3.05, 3.63) is 69.1 Å². The summed E-state index contributed by atoms with van der Waals surface area (Å²) in [4.78, 5) is 19.2. The van der Waals surface area contributed by atoms with Gasteiger partial charge in [-0.05, 0) is 59.1 Å². The largest absolute Gasteiger partial charge is 0.460 e. The molecule has 2 aromatic heterocycles. The Morgan fingerprint density at radius 2 is 1.92 bits per heavy atom. The molecule has 0 aliphatic carbocycles. The van der Waals surface area contributed by atoms with Crippen molar-refractivity contribution in [1.29, 1.82) is 0 Å². The second-order valence-corrected chi connectivity index (χ2v) is 11.1. The average Bonchev–Trinajstić information content (AvgIpc) is 3.28. The maximum atomic E-state index is 12.8. The number of carbonyl (C=O) groups excluding carboxylic acids is 1. The molecule has 0 fully saturated rings. The molecule has 0 bridgehead atoms. The van der Waals surface area contributed by atoms with E-state index in [0.717, 1.165) is 45.2 Å². The summed E-state index contributed by atoms with van der Waals surface area (Å²) < 4.78 is 7.66. The number of aromatic nitrogens is 3. The molecule has 36 heavy (non-hydrogen) atoms. The number of aliphatic imine (C=N–C) groups is 1. The van der Waals surface area contributed by atoms with Crippen LogP contribution >= 0.6 is 11.3 Å². The van der Waals surface area contributed by atoms with Crippen LogP contribution in [-0.2, 0) is 9.53 Å². The van der Waals surface area contributed by atoms with Crippen molar-refractivity contribution in [2.24, 2.45) is 4.99 Å². The molecule has 0 unspecified atom stereocenters. The van der Waals surface area contributed by atoms with Crippen LogP contribution in [0.2, 0.25) is 0 Å². The Hall–Kier alpha value is -3.14. The SMILES string of the molecule is Cc1sc2c(c1C)C(c1ccc(/C=C/CCNO)cc1)=N[C@@H](CC(=O)OC(C)(C)C)c1nnc(C)n1-2. The number of hydrogen-bond donors (Lipinski definition) is 2. The minimum Gasteiger partial charge on any atom is -0.460 e. The van der Waals surface area contributed by atoms with Gasteiger partial charge in [0.05, 0.1) is 12.1 Å². The van der Waals surface area contributed by atoms with Crippen molar-refractivity contribution in [3.8, 4) is 5.00 Å². The van der Waals surface area contributed by atoms with E-state index in [2.05, 4.69) is 41.7 Å². The van der Waals surface area contributed by atoms with Gasteiger partial charge in [0.15, 0.2) is 5.82 Å². The van der Waals surface area contributed by atoms with E-state index in [9.17, 15) is 4.79 Å². The minimum absolute atomic E-state index is 0.0750. The van der Waals surface area contributed by atoms with Crippen LogP contribution in [0.25, 0.3) is 11.1 Å². The molecule has 4 rings (SSSR count). The summed E-state index contributed by atoms with van der Waals surface area (Å²) in [5.41, 5.74) is 6.65. The quantitative estimate of drug-likeness (QED) is 0.257. The first-order valence-electron chi connectivity index (χ1n) is 12.0. The number of thiophene rings is 1. The fourth-order valence-corrected chi connectivity index (χ4v) is 5.40. The molecule has 2 N–H and O–H groups in total. The van der Waals surface area contributed by atoms with E-state index in [1.807, 2.05) is 56.5 Å². The summed E-state index contributed by atoms with van der Waals surface area (Å²) in [5.74, 6) is 1.09. The summed E-state index contributed by atoms with van der Waals surface area (Å²) in [6.45, 7) is 12.2. The first kappa shape index (κ1) is 25.9. The van der Waals surface area contributed by atoms with E-state index in [4.69, 9.17) is 14.9 Å². The van der Waals surface area contributed by atoms with Gasteiger partial charge in [-0.3, -0.25) is 14.4 Å². The fourth-order valence-electron chi connectivity index (χ4n) is 4.19. The first-order chi connectivity index (χ1) is 17.1. The van der Waals surface area contributed by atoms with Gasteiger partial charge in [0, 0.05) is 22.5 Å². The van der Waals surface area contributed by atoms with Crippen LogP contribution in [0.15, 0.2) is 35.3 Å². The van der Waals surface area contributed by atoms with Gasteiger partial charge in [-0.1, -0.05) is 36.4 Å². The Kier molecular flexibility index (Phi) is 7.54. The molecule has 1 atom stereocenters. The number of rotatable bonds is 7. The van der Waals surface area contributed by atoms with Crippen LogP contribution in [0.1, 0.15) is 78.4 Å². The second kappa shape index (κ2) is 10.5. The van der Waals surface area contributed by atoms with Crippen LogP contribution < -0.4 is 5.48 Å². The Balaban J connectivity index is 1.80. The number of aryl methyl sites for hydroxylation is 2. The Bertz CT molecular complexity index is 1310. The van der Waals surface area contributed by atoms with Crippen LogP contribution in [0.4, 0.5) is 0 Å². The van der Waals surface area contributed by atoms with E-state index in [1.54, 1.807) is 11.3 Å². The van der Waals surface area contributed by atoms with Gasteiger partial charge >= 0.3 is 5.97 Å². The smallest absolute Gasteiger partial charge is 0.308 e. The molecular weight excluding hydrogens is 474 g/mol. The van der Waals surface area contributed by atoms with Gasteiger partial charge in [-0.25, -0.2) is 5.48 Å². The third kappa shape index (κ3) is 5.48. The molecule has 1 aromatic carbocycles. The summed E-state index contributed by atoms with van der Waals surface area (Å²) in [7, 11) is 0. The lowest BCUT2D eigenvalue weighted by molar-refractivity contribution is -0.155. The van der Waals surface area contributed by atoms with Crippen molar-refractivity contribution in [2.45, 2.75) is 66.0 Å². The molecule has 8 nitrogen and oxygen atoms in total. The third-order valence-corrected chi connectivity index (χ3v) is 7.13. The average molecular weight is 508 g/mol. The monoisotopic (exact) mass is 507 g/mol. The van der Waals surface area contributed by atoms with Gasteiger partial charge < -0.3 is 9.94 Å². The summed E-state index contributed by atoms with van der Waals surface area (Å²) >= 11 is 1.69. The highest BCUT2D eigenvalue weighted by atomic mass is 32.1. The van der Waals surface area contributed by atoms with Crippen molar-refractivity contribution >= 4 is 29.1 Å². The van der Waals surface area contributed by atoms with Gasteiger partial charge in [0.2, 0.25) is 0 Å². The highest BCUT2D eigenvalue weighted by Gasteiger charge is 2.33. The van der Waals surface area contributed by atoms with Gasteiger partial charge in [0.25, 0.3) is 0 Å². The number of hydroxylamine groups is 1. The topological polar surface area (TPSA) is 102 Å². The molecule has 3 aromatic rings. The predicted molar refractivity (Wildman–Crippen MR) is 142 cm³/mol. The minimum atomic E-state index is -0.583. The Labute approximate surface area is 215 Å². The van der Waals surface area contributed by atoms with E-state index in [0.29, 0.717) is 12.4 Å². The van der Waals surface area contributed by atoms with E-state index < -0.39 is 11.6 Å².